The second kappa shape index (κ2) is 32.4. The summed E-state index contributed by atoms with van der Waals surface area (Å²) in [6, 6.07) is 186. The van der Waals surface area contributed by atoms with Gasteiger partial charge < -0.3 is 28.4 Å². The van der Waals surface area contributed by atoms with Crippen LogP contribution in [0.4, 0.5) is 51.2 Å². The van der Waals surface area contributed by atoms with Crippen LogP contribution in [-0.4, -0.2) is 13.7 Å². The summed E-state index contributed by atoms with van der Waals surface area (Å²) in [6.45, 7) is 4.69. The fraction of sp³-hybridized carbons (Fsp3) is 0.0222. The van der Waals surface area contributed by atoms with Gasteiger partial charge in [-0.15, -0.1) is 0 Å². The number of benzene rings is 23. The molecule has 0 bridgehead atoms. The number of hydrogen-bond donors (Lipinski definition) is 0. The molecule has 23 aromatic carbocycles. The van der Waals surface area contributed by atoms with E-state index in [0.29, 0.717) is 0 Å². The monoisotopic (exact) mass is 1790 g/mol. The summed E-state index contributed by atoms with van der Waals surface area (Å²) in [7, 11) is 0. The average Bonchev–Trinajstić information content (AvgIpc) is 1.54. The SMILES string of the molecule is CC1(C)c2ccccc2-c2cc(N(c3ccccc3)c3ccc(-n4c5cc(-c6ccccc6)cc6c5c5c7c(cccc7ccc54)-c4ccccc4-6)cc3)ccc21.c1ccc(N(c2ccccc2)c2cc3c4c5c(cccc25)-c2ccccc2-c2cccc(c24)n3-c2ccccc2)cc1.c1ccc(N(c2ccccc2)c2cccc(-n3c4cccc5c4c4c6c(cccc6ccc43)-c3ccccc3-5)c2)cc1. The second-order valence-electron chi connectivity index (χ2n) is 38.0. The Labute approximate surface area is 817 Å². The molecule has 0 saturated heterocycles. The summed E-state index contributed by atoms with van der Waals surface area (Å²) in [5.41, 5.74) is 44.2. The van der Waals surface area contributed by atoms with Crippen molar-refractivity contribution in [3.63, 3.8) is 0 Å². The molecule has 0 aliphatic heterocycles. The molecule has 0 spiro atoms. The number of para-hydroxylation sites is 6. The lowest BCUT2D eigenvalue weighted by atomic mass is 9.82. The molecule has 0 N–H and O–H groups in total. The standard InChI is InChI=1S/C55H38N2.2C40H26N2/c1-55(2)48-23-12-11-21-44(48)46-34-41(29-30-49(46)55)56(38-17-7-4-8-18-38)39-25-27-40(28-26-39)57-50-31-24-36-16-13-22-45-42-19-9-10-20-43(42)47-32-37(35-14-5-3-6-15-35)33-51(57)53(47)54(50)52(36)45;1-4-14-27(15-5-1)41(28-16-6-2-7-17-28)36-26-37-40-38-32(22-12-24-34(36)38)30-20-10-11-21-31(30)33-23-13-25-35(39(33)40)42(37)29-18-8-3-9-19-29;1-3-13-28(14-4-1)41(29-15-5-2-6-16-29)30-17-10-18-31(26-30)42-36-23-11-22-35-33-20-8-7-19-32(33)34-21-9-12-27-24-25-37(42)40(38(27)34)39(35)36/h3-34H,1-2H3;2*1-26H. The highest BCUT2D eigenvalue weighted by Crippen LogP contribution is 2.58. The molecule has 0 radical (unpaired) electrons. The third-order valence-corrected chi connectivity index (χ3v) is 30.1. The molecule has 6 nitrogen and oxygen atoms in total. The minimum atomic E-state index is -0.0408. The maximum atomic E-state index is 2.50. The molecule has 0 unspecified atom stereocenters. The van der Waals surface area contributed by atoms with Crippen molar-refractivity contribution in [1.82, 2.24) is 13.7 Å². The molecule has 6 heteroatoms. The van der Waals surface area contributed by atoms with Crippen molar-refractivity contribution < 1.29 is 0 Å². The van der Waals surface area contributed by atoms with E-state index in [9.17, 15) is 0 Å². The van der Waals surface area contributed by atoms with Crippen LogP contribution in [0.5, 0.6) is 0 Å². The highest BCUT2D eigenvalue weighted by molar-refractivity contribution is 6.35. The molecule has 4 aliphatic rings. The van der Waals surface area contributed by atoms with E-state index in [1.165, 1.54) is 198 Å². The van der Waals surface area contributed by atoms with Crippen molar-refractivity contribution in [3.05, 3.63) is 521 Å². The highest BCUT2D eigenvalue weighted by atomic mass is 15.2. The quantitative estimate of drug-likeness (QED) is 0.115. The van der Waals surface area contributed by atoms with Gasteiger partial charge >= 0.3 is 0 Å². The smallest absolute Gasteiger partial charge is 0.0568 e. The molecule has 0 fully saturated rings. The first-order valence-electron chi connectivity index (χ1n) is 48.9. The average molecular weight is 1800 g/mol. The number of nitrogens with zero attached hydrogens (tertiary/aromatic N) is 6. The lowest BCUT2D eigenvalue weighted by Crippen LogP contribution is -2.15. The van der Waals surface area contributed by atoms with Crippen LogP contribution in [0.15, 0.2) is 510 Å². The van der Waals surface area contributed by atoms with E-state index in [0.717, 1.165) is 68.2 Å². The van der Waals surface area contributed by atoms with Gasteiger partial charge in [0.25, 0.3) is 0 Å². The number of rotatable bonds is 13. The van der Waals surface area contributed by atoms with Gasteiger partial charge in [0.1, 0.15) is 0 Å². The Morgan fingerprint density at radius 3 is 0.993 bits per heavy atom. The Kier molecular flexibility index (Phi) is 18.6. The van der Waals surface area contributed by atoms with Gasteiger partial charge in [-0.3, -0.25) is 0 Å². The van der Waals surface area contributed by atoms with Gasteiger partial charge in [-0.05, 0) is 292 Å². The Morgan fingerprint density at radius 2 is 0.489 bits per heavy atom. The second-order valence-corrected chi connectivity index (χ2v) is 38.0. The molecule has 0 saturated carbocycles. The fourth-order valence-electron chi connectivity index (χ4n) is 24.1. The molecular formula is C135H90N6. The molecule has 660 valence electrons. The van der Waals surface area contributed by atoms with Crippen LogP contribution in [0.2, 0.25) is 0 Å². The first kappa shape index (κ1) is 81.0. The number of hydrogen-bond acceptors (Lipinski definition) is 3. The summed E-state index contributed by atoms with van der Waals surface area (Å²) >= 11 is 0. The zero-order valence-electron chi connectivity index (χ0n) is 77.7. The number of fused-ring (bicyclic) bond motifs is 12. The largest absolute Gasteiger partial charge is 0.310 e. The van der Waals surface area contributed by atoms with Gasteiger partial charge in [0.2, 0.25) is 0 Å². The van der Waals surface area contributed by atoms with Crippen molar-refractivity contribution in [1.29, 1.82) is 0 Å². The highest BCUT2D eigenvalue weighted by Gasteiger charge is 2.37. The first-order valence-corrected chi connectivity index (χ1v) is 48.9. The van der Waals surface area contributed by atoms with Gasteiger partial charge in [0.05, 0.1) is 38.8 Å². The van der Waals surface area contributed by atoms with Crippen LogP contribution in [0, 0.1) is 0 Å². The zero-order chi connectivity index (χ0) is 93.1. The predicted octanol–water partition coefficient (Wildman–Crippen LogP) is 37.1. The maximum Gasteiger partial charge on any atom is 0.0568 e. The third-order valence-electron chi connectivity index (χ3n) is 30.1. The molecule has 3 aromatic heterocycles. The molecule has 141 heavy (non-hydrogen) atoms. The summed E-state index contributed by atoms with van der Waals surface area (Å²) in [4.78, 5) is 7.13. The number of aromatic nitrogens is 3. The van der Waals surface area contributed by atoms with Crippen LogP contribution in [0.3, 0.4) is 0 Å². The van der Waals surface area contributed by atoms with Crippen molar-refractivity contribution in [2.45, 2.75) is 19.3 Å². The van der Waals surface area contributed by atoms with Crippen LogP contribution < -0.4 is 14.7 Å². The van der Waals surface area contributed by atoms with Gasteiger partial charge in [-0.2, -0.15) is 0 Å². The Bertz CT molecular complexity index is 9480. The van der Waals surface area contributed by atoms with E-state index in [1.54, 1.807) is 0 Å². The minimum Gasteiger partial charge on any atom is -0.310 e. The van der Waals surface area contributed by atoms with E-state index < -0.39 is 0 Å². The molecule has 30 rings (SSSR count). The summed E-state index contributed by atoms with van der Waals surface area (Å²) < 4.78 is 7.40. The van der Waals surface area contributed by atoms with Crippen molar-refractivity contribution in [2.75, 3.05) is 14.7 Å². The maximum absolute atomic E-state index is 2.50. The lowest BCUT2D eigenvalue weighted by molar-refractivity contribution is 0.660. The first-order chi connectivity index (χ1) is 69.8. The summed E-state index contributed by atoms with van der Waals surface area (Å²) in [5.74, 6) is 0. The van der Waals surface area contributed by atoms with Crippen LogP contribution in [0.1, 0.15) is 25.0 Å². The third kappa shape index (κ3) is 12.7. The molecule has 26 aromatic rings. The van der Waals surface area contributed by atoms with Gasteiger partial charge in [0.15, 0.2) is 0 Å². The van der Waals surface area contributed by atoms with E-state index in [1.807, 2.05) is 0 Å². The molecule has 3 heterocycles. The summed E-state index contributed by atoms with van der Waals surface area (Å²) in [5, 5.41) is 15.7. The number of anilines is 9. The van der Waals surface area contributed by atoms with E-state index in [2.05, 4.69) is 552 Å². The summed E-state index contributed by atoms with van der Waals surface area (Å²) in [6.07, 6.45) is 0. The molecular weight excluding hydrogens is 1710 g/mol. The van der Waals surface area contributed by atoms with Gasteiger partial charge in [-0.25, -0.2) is 0 Å². The predicted molar refractivity (Wildman–Crippen MR) is 595 cm³/mol. The Hall–Kier alpha value is -18.4. The van der Waals surface area contributed by atoms with Gasteiger partial charge in [-0.1, -0.05) is 354 Å². The van der Waals surface area contributed by atoms with Gasteiger partial charge in [0, 0.05) is 111 Å². The Balaban J connectivity index is 0.000000105. The Morgan fingerprint density at radius 1 is 0.163 bits per heavy atom. The molecule has 0 atom stereocenters. The van der Waals surface area contributed by atoms with Crippen molar-refractivity contribution in [3.8, 4) is 106 Å². The van der Waals surface area contributed by atoms with E-state index in [4.69, 9.17) is 0 Å². The zero-order valence-corrected chi connectivity index (χ0v) is 77.7. The molecule has 0 amide bonds. The van der Waals surface area contributed by atoms with Crippen LogP contribution >= 0.6 is 0 Å². The van der Waals surface area contributed by atoms with Crippen LogP contribution in [-0.2, 0) is 5.41 Å². The minimum absolute atomic E-state index is 0.0408. The molecule has 4 aliphatic carbocycles. The van der Waals surface area contributed by atoms with Crippen LogP contribution in [0.25, 0.3) is 204 Å². The normalized spacial score (nSPS) is 12.4. The fourth-order valence-corrected chi connectivity index (χ4v) is 24.1. The van der Waals surface area contributed by atoms with E-state index in [-0.39, 0.29) is 5.41 Å². The van der Waals surface area contributed by atoms with Crippen molar-refractivity contribution >= 4 is 149 Å². The lowest BCUT2D eigenvalue weighted by Gasteiger charge is -2.28. The van der Waals surface area contributed by atoms with E-state index >= 15 is 0 Å². The van der Waals surface area contributed by atoms with Crippen molar-refractivity contribution in [2.24, 2.45) is 0 Å². The topological polar surface area (TPSA) is 24.5 Å².